The first kappa shape index (κ1) is 20.0. The van der Waals surface area contributed by atoms with Gasteiger partial charge in [0.05, 0.1) is 15.9 Å². The molecule has 0 radical (unpaired) electrons. The molecule has 0 aliphatic heterocycles. The van der Waals surface area contributed by atoms with Crippen LogP contribution in [0.25, 0.3) is 21.1 Å². The van der Waals surface area contributed by atoms with Crippen molar-refractivity contribution in [2.45, 2.75) is 39.7 Å². The van der Waals surface area contributed by atoms with E-state index < -0.39 is 23.3 Å². The van der Waals surface area contributed by atoms with Crippen molar-refractivity contribution in [3.8, 4) is 0 Å². The molecule has 4 rings (SSSR count). The molecule has 154 valence electrons. The van der Waals surface area contributed by atoms with E-state index in [9.17, 15) is 19.5 Å². The van der Waals surface area contributed by atoms with E-state index in [1.54, 1.807) is 19.1 Å². The van der Waals surface area contributed by atoms with Gasteiger partial charge in [0.2, 0.25) is 0 Å². The molecule has 0 saturated carbocycles. The number of nitrogens with one attached hydrogen (secondary N) is 1. The first-order valence-corrected chi connectivity index (χ1v) is 10.3. The van der Waals surface area contributed by atoms with Crippen molar-refractivity contribution in [3.05, 3.63) is 67.6 Å². The highest BCUT2D eigenvalue weighted by atomic mass is 32.1. The Balaban J connectivity index is 1.83. The summed E-state index contributed by atoms with van der Waals surface area (Å²) in [7, 11) is 0. The maximum atomic E-state index is 12.9. The van der Waals surface area contributed by atoms with Crippen molar-refractivity contribution in [1.29, 1.82) is 0 Å². The molecule has 0 bridgehead atoms. The lowest BCUT2D eigenvalue weighted by molar-refractivity contribution is -0.141. The van der Waals surface area contributed by atoms with E-state index in [1.807, 2.05) is 13.8 Å². The molecule has 9 heteroatoms. The molecule has 4 aromatic rings. The molecule has 0 aliphatic carbocycles. The largest absolute Gasteiger partial charge is 0.480 e. The van der Waals surface area contributed by atoms with Gasteiger partial charge in [-0.25, -0.2) is 19.1 Å². The summed E-state index contributed by atoms with van der Waals surface area (Å²) in [5, 5.41) is 10.5. The molecule has 0 unspecified atom stereocenters. The number of carboxylic acids is 1. The number of aryl methyl sites for hydroxylation is 2. The topological polar surface area (TPSA) is 118 Å². The fourth-order valence-electron chi connectivity index (χ4n) is 3.81. The zero-order valence-corrected chi connectivity index (χ0v) is 17.5. The van der Waals surface area contributed by atoms with Gasteiger partial charge in [0.25, 0.3) is 5.56 Å². The fraction of sp³-hybridized carbons (Fsp3) is 0.286. The number of aromatic amines is 1. The maximum Gasteiger partial charge on any atom is 0.329 e. The third kappa shape index (κ3) is 3.30. The number of hydrogen-bond acceptors (Lipinski definition) is 6. The fourth-order valence-corrected chi connectivity index (χ4v) is 4.78. The van der Waals surface area contributed by atoms with Crippen molar-refractivity contribution < 1.29 is 9.90 Å². The third-order valence-electron chi connectivity index (χ3n) is 5.15. The molecule has 1 atom stereocenters. The van der Waals surface area contributed by atoms with Gasteiger partial charge in [0.15, 0.2) is 5.52 Å². The lowest BCUT2D eigenvalue weighted by Gasteiger charge is -2.13. The van der Waals surface area contributed by atoms with Crippen molar-refractivity contribution >= 4 is 38.6 Å². The number of aliphatic carboxylic acids is 1. The molecule has 0 spiro atoms. The van der Waals surface area contributed by atoms with Crippen LogP contribution in [0.2, 0.25) is 0 Å². The van der Waals surface area contributed by atoms with Crippen LogP contribution >= 0.6 is 11.5 Å². The molecule has 0 amide bonds. The highest BCUT2D eigenvalue weighted by Crippen LogP contribution is 2.29. The smallest absolute Gasteiger partial charge is 0.329 e. The minimum atomic E-state index is -1.25. The Morgan fingerprint density at radius 1 is 1.27 bits per heavy atom. The van der Waals surface area contributed by atoms with Gasteiger partial charge in [-0.15, -0.1) is 0 Å². The van der Waals surface area contributed by atoms with Crippen LogP contribution in [0.3, 0.4) is 0 Å². The monoisotopic (exact) mass is 424 g/mol. The van der Waals surface area contributed by atoms with E-state index in [0.29, 0.717) is 12.1 Å². The van der Waals surface area contributed by atoms with Gasteiger partial charge in [-0.2, -0.15) is 4.37 Å². The molecule has 1 aromatic carbocycles. The van der Waals surface area contributed by atoms with E-state index in [4.69, 9.17) is 0 Å². The second-order valence-electron chi connectivity index (χ2n) is 7.33. The minimum Gasteiger partial charge on any atom is -0.480 e. The van der Waals surface area contributed by atoms with Crippen LogP contribution in [0.4, 0.5) is 0 Å². The maximum absolute atomic E-state index is 12.9. The van der Waals surface area contributed by atoms with Gasteiger partial charge >= 0.3 is 11.7 Å². The summed E-state index contributed by atoms with van der Waals surface area (Å²) < 4.78 is 6.40. The normalized spacial score (nSPS) is 12.5. The van der Waals surface area contributed by atoms with Crippen LogP contribution in [-0.2, 0) is 11.2 Å². The standard InChI is InChI=1S/C21H20N4O4S/c1-4-15(20(27)28)25-19(26)18-13(23-21(25)29)6-5-12(22-18)9-14-17-11(3)7-10(2)8-16(17)30-24-14/h5-8,15H,4,9H2,1-3H3,(H,23,29)(H,27,28)/t15-/m0/s1. The molecular weight excluding hydrogens is 404 g/mol. The summed E-state index contributed by atoms with van der Waals surface area (Å²) in [4.78, 5) is 43.7. The first-order valence-electron chi connectivity index (χ1n) is 9.53. The van der Waals surface area contributed by atoms with E-state index in [2.05, 4.69) is 26.5 Å². The molecule has 0 fully saturated rings. The number of benzene rings is 1. The molecule has 0 aliphatic rings. The highest BCUT2D eigenvalue weighted by molar-refractivity contribution is 7.13. The molecule has 3 heterocycles. The summed E-state index contributed by atoms with van der Waals surface area (Å²) in [5.41, 5.74) is 2.65. The number of H-pyrrole nitrogens is 1. The highest BCUT2D eigenvalue weighted by Gasteiger charge is 2.23. The lowest BCUT2D eigenvalue weighted by atomic mass is 10.0. The number of carboxylic acid groups (broad SMARTS) is 1. The zero-order chi connectivity index (χ0) is 21.6. The third-order valence-corrected chi connectivity index (χ3v) is 5.98. The Bertz CT molecular complexity index is 1420. The van der Waals surface area contributed by atoms with Crippen molar-refractivity contribution in [1.82, 2.24) is 18.9 Å². The Morgan fingerprint density at radius 3 is 2.73 bits per heavy atom. The predicted molar refractivity (Wildman–Crippen MR) is 115 cm³/mol. The molecular formula is C21H20N4O4S. The molecule has 2 N–H and O–H groups in total. The number of nitrogens with zero attached hydrogens (tertiary/aromatic N) is 3. The summed E-state index contributed by atoms with van der Waals surface area (Å²) in [6.07, 6.45) is 0.529. The summed E-state index contributed by atoms with van der Waals surface area (Å²) in [5.74, 6) is -1.24. The molecule has 0 saturated heterocycles. The van der Waals surface area contributed by atoms with Gasteiger partial charge in [0.1, 0.15) is 6.04 Å². The van der Waals surface area contributed by atoms with E-state index >= 15 is 0 Å². The van der Waals surface area contributed by atoms with Gasteiger partial charge in [-0.3, -0.25) is 4.79 Å². The SMILES string of the molecule is CC[C@@H](C(=O)O)n1c(=O)[nH]c2ccc(Cc3nsc4cc(C)cc(C)c34)nc2c1=O. The summed E-state index contributed by atoms with van der Waals surface area (Å²) >= 11 is 1.43. The summed E-state index contributed by atoms with van der Waals surface area (Å²) in [6, 6.07) is 6.32. The van der Waals surface area contributed by atoms with Gasteiger partial charge in [0, 0.05) is 17.5 Å². The van der Waals surface area contributed by atoms with Gasteiger partial charge in [-0.05, 0) is 61.1 Å². The number of carbonyl (C=O) groups is 1. The van der Waals surface area contributed by atoms with Crippen molar-refractivity contribution in [2.75, 3.05) is 0 Å². The number of rotatable bonds is 5. The van der Waals surface area contributed by atoms with Crippen LogP contribution in [0.15, 0.2) is 33.9 Å². The van der Waals surface area contributed by atoms with Gasteiger partial charge < -0.3 is 10.1 Å². The van der Waals surface area contributed by atoms with Crippen LogP contribution in [-0.4, -0.2) is 30.0 Å². The molecule has 8 nitrogen and oxygen atoms in total. The number of hydrogen-bond donors (Lipinski definition) is 2. The van der Waals surface area contributed by atoms with Crippen LogP contribution in [0.5, 0.6) is 0 Å². The molecule has 30 heavy (non-hydrogen) atoms. The van der Waals surface area contributed by atoms with Crippen molar-refractivity contribution in [2.24, 2.45) is 0 Å². The van der Waals surface area contributed by atoms with Crippen LogP contribution in [0, 0.1) is 13.8 Å². The average Bonchev–Trinajstić information content (AvgIpc) is 3.08. The van der Waals surface area contributed by atoms with Gasteiger partial charge in [-0.1, -0.05) is 13.0 Å². The number of aromatic nitrogens is 4. The van der Waals surface area contributed by atoms with E-state index in [0.717, 1.165) is 25.9 Å². The molecule has 3 aromatic heterocycles. The summed E-state index contributed by atoms with van der Waals surface area (Å²) in [6.45, 7) is 5.70. The Hall–Kier alpha value is -3.33. The second-order valence-corrected chi connectivity index (χ2v) is 8.13. The zero-order valence-electron chi connectivity index (χ0n) is 16.7. The van der Waals surface area contributed by atoms with E-state index in [-0.39, 0.29) is 17.5 Å². The lowest BCUT2D eigenvalue weighted by Crippen LogP contribution is -2.41. The quantitative estimate of drug-likeness (QED) is 0.509. The average molecular weight is 424 g/mol. The van der Waals surface area contributed by atoms with E-state index in [1.165, 1.54) is 17.1 Å². The number of pyridine rings is 1. The van der Waals surface area contributed by atoms with Crippen LogP contribution in [0.1, 0.15) is 41.9 Å². The van der Waals surface area contributed by atoms with Crippen LogP contribution < -0.4 is 11.2 Å². The predicted octanol–water partition coefficient (Wildman–Crippen LogP) is 2.94. The Morgan fingerprint density at radius 2 is 2.03 bits per heavy atom. The number of fused-ring (bicyclic) bond motifs is 2. The Labute approximate surface area is 175 Å². The minimum absolute atomic E-state index is 0.0406. The Kier molecular flexibility index (Phi) is 4.98. The van der Waals surface area contributed by atoms with Crippen molar-refractivity contribution in [3.63, 3.8) is 0 Å². The second kappa shape index (κ2) is 7.49. The first-order chi connectivity index (χ1) is 14.3.